The van der Waals surface area contributed by atoms with E-state index in [1.165, 1.54) is 4.90 Å². The maximum absolute atomic E-state index is 12.7. The van der Waals surface area contributed by atoms with Gasteiger partial charge in [-0.2, -0.15) is 0 Å². The van der Waals surface area contributed by atoms with E-state index >= 15 is 0 Å². The van der Waals surface area contributed by atoms with Crippen molar-refractivity contribution >= 4 is 33.5 Å². The van der Waals surface area contributed by atoms with E-state index in [-0.39, 0.29) is 17.8 Å². The number of rotatable bonds is 4. The van der Waals surface area contributed by atoms with Gasteiger partial charge in [-0.25, -0.2) is 4.98 Å². The normalized spacial score (nSPS) is 11.1. The number of nitrogens with one attached hydrogen (secondary N) is 1. The van der Waals surface area contributed by atoms with Crippen molar-refractivity contribution in [2.24, 2.45) is 0 Å². The number of nitrogens with zero attached hydrogens (tertiary/aromatic N) is 2. The fraction of sp³-hybridized carbons (Fsp3) is 0.294. The van der Waals surface area contributed by atoms with Crippen molar-refractivity contribution in [3.63, 3.8) is 0 Å². The minimum absolute atomic E-state index is 0. The summed E-state index contributed by atoms with van der Waals surface area (Å²) in [6.07, 6.45) is 2.76. The van der Waals surface area contributed by atoms with Crippen LogP contribution in [-0.2, 0) is 6.54 Å². The number of fused-ring (bicyclic) bond motifs is 2. The van der Waals surface area contributed by atoms with Crippen LogP contribution in [0.15, 0.2) is 41.3 Å². The number of aromatic nitrogens is 2. The summed E-state index contributed by atoms with van der Waals surface area (Å²) in [5, 5.41) is 1.89. The molecular formula is C17H19Cl2N3O. The Balaban J connectivity index is 0.00000192. The van der Waals surface area contributed by atoms with Gasteiger partial charge in [0.2, 0.25) is 0 Å². The van der Waals surface area contributed by atoms with Crippen LogP contribution >= 0.6 is 11.6 Å². The number of halogens is 2. The highest BCUT2D eigenvalue weighted by atomic mass is 35.5. The molecule has 2 aromatic heterocycles. The Morgan fingerprint density at radius 1 is 1.22 bits per heavy atom. The highest BCUT2D eigenvalue weighted by Gasteiger charge is 2.12. The van der Waals surface area contributed by atoms with Gasteiger partial charge in [0.05, 0.1) is 31.5 Å². The van der Waals surface area contributed by atoms with Gasteiger partial charge in [-0.05, 0) is 30.3 Å². The highest BCUT2D eigenvalue weighted by Crippen LogP contribution is 2.21. The molecule has 4 nitrogen and oxygen atoms in total. The lowest BCUT2D eigenvalue weighted by Gasteiger charge is -2.15. The van der Waals surface area contributed by atoms with Crippen molar-refractivity contribution in [1.82, 2.24) is 9.55 Å². The standard InChI is InChI=1S/C17H18ClN3O.ClH/c1-20(2)9-4-10-21-15-7-6-12(18)11-14(15)16(22)13-5-3-8-19-17(13)21;/h3,5-8,11H,4,9-10H2,1-2H3;1H. The van der Waals surface area contributed by atoms with Crippen LogP contribution in [0.1, 0.15) is 6.42 Å². The molecule has 0 saturated carbocycles. The van der Waals surface area contributed by atoms with Gasteiger partial charge in [-0.1, -0.05) is 11.6 Å². The van der Waals surface area contributed by atoms with Crippen molar-refractivity contribution in [1.29, 1.82) is 0 Å². The molecule has 23 heavy (non-hydrogen) atoms. The van der Waals surface area contributed by atoms with Crippen molar-refractivity contribution in [2.75, 3.05) is 20.6 Å². The summed E-state index contributed by atoms with van der Waals surface area (Å²) in [4.78, 5) is 18.5. The fourth-order valence-corrected chi connectivity index (χ4v) is 2.96. The third-order valence-corrected chi connectivity index (χ3v) is 4.07. The van der Waals surface area contributed by atoms with Crippen molar-refractivity contribution in [2.45, 2.75) is 13.0 Å². The summed E-state index contributed by atoms with van der Waals surface area (Å²) >= 11 is 6.07. The van der Waals surface area contributed by atoms with E-state index in [4.69, 9.17) is 11.6 Å². The first-order valence-corrected chi connectivity index (χ1v) is 7.81. The topological polar surface area (TPSA) is 39.3 Å². The van der Waals surface area contributed by atoms with Gasteiger partial charge in [-0.15, -0.1) is 0 Å². The number of quaternary nitrogens is 1. The van der Waals surface area contributed by atoms with Crippen LogP contribution in [0.4, 0.5) is 0 Å². The second kappa shape index (κ2) is 7.30. The molecule has 0 atom stereocenters. The fourth-order valence-electron chi connectivity index (χ4n) is 2.79. The summed E-state index contributed by atoms with van der Waals surface area (Å²) in [7, 11) is 4.28. The monoisotopic (exact) mass is 351 g/mol. The molecule has 2 heterocycles. The first kappa shape index (κ1) is 17.7. The summed E-state index contributed by atoms with van der Waals surface area (Å²) < 4.78 is 2.13. The van der Waals surface area contributed by atoms with E-state index in [0.29, 0.717) is 15.8 Å². The van der Waals surface area contributed by atoms with E-state index in [2.05, 4.69) is 23.6 Å². The molecule has 0 aliphatic heterocycles. The second-order valence-corrected chi connectivity index (χ2v) is 6.26. The maximum Gasteiger partial charge on any atom is 0.198 e. The van der Waals surface area contributed by atoms with Crippen LogP contribution in [0, 0.1) is 0 Å². The average Bonchev–Trinajstić information content (AvgIpc) is 2.50. The van der Waals surface area contributed by atoms with E-state index in [0.717, 1.165) is 30.7 Å². The molecule has 0 radical (unpaired) electrons. The Hall–Kier alpha value is -1.62. The quantitative estimate of drug-likeness (QED) is 0.596. The molecule has 0 bridgehead atoms. The first-order chi connectivity index (χ1) is 10.6. The zero-order chi connectivity index (χ0) is 15.7. The molecule has 122 valence electrons. The summed E-state index contributed by atoms with van der Waals surface area (Å²) in [5.74, 6) is 0. The van der Waals surface area contributed by atoms with Crippen LogP contribution in [0.2, 0.25) is 5.02 Å². The number of hydrogen-bond acceptors (Lipinski definition) is 2. The Morgan fingerprint density at radius 3 is 2.74 bits per heavy atom. The Kier molecular flexibility index (Phi) is 5.63. The average molecular weight is 352 g/mol. The molecule has 0 fully saturated rings. The lowest BCUT2D eigenvalue weighted by molar-refractivity contribution is -0.858. The minimum Gasteiger partial charge on any atom is -1.00 e. The Morgan fingerprint density at radius 2 is 2.00 bits per heavy atom. The predicted molar refractivity (Wildman–Crippen MR) is 90.8 cm³/mol. The summed E-state index contributed by atoms with van der Waals surface area (Å²) in [6.45, 7) is 1.90. The molecule has 0 unspecified atom stereocenters. The van der Waals surface area contributed by atoms with Gasteiger partial charge in [0, 0.05) is 29.6 Å². The van der Waals surface area contributed by atoms with E-state index in [9.17, 15) is 4.79 Å². The van der Waals surface area contributed by atoms with Crippen LogP contribution < -0.4 is 22.7 Å². The van der Waals surface area contributed by atoms with Gasteiger partial charge in [-0.3, -0.25) is 4.79 Å². The number of hydrogen-bond donors (Lipinski definition) is 1. The molecule has 3 rings (SSSR count). The van der Waals surface area contributed by atoms with Crippen LogP contribution in [0.3, 0.4) is 0 Å². The van der Waals surface area contributed by atoms with Crippen LogP contribution in [-0.4, -0.2) is 30.2 Å². The van der Waals surface area contributed by atoms with Gasteiger partial charge in [0.15, 0.2) is 5.43 Å². The largest absolute Gasteiger partial charge is 1.00 e. The summed E-state index contributed by atoms with van der Waals surface area (Å²) in [5.41, 5.74) is 1.64. The maximum atomic E-state index is 12.7. The molecule has 0 spiro atoms. The highest BCUT2D eigenvalue weighted by molar-refractivity contribution is 6.31. The van der Waals surface area contributed by atoms with Crippen LogP contribution in [0.5, 0.6) is 0 Å². The van der Waals surface area contributed by atoms with Crippen molar-refractivity contribution < 1.29 is 17.3 Å². The molecule has 6 heteroatoms. The lowest BCUT2D eigenvalue weighted by Crippen LogP contribution is -3.05. The third-order valence-electron chi connectivity index (χ3n) is 3.84. The molecular weight excluding hydrogens is 333 g/mol. The van der Waals surface area contributed by atoms with E-state index in [1.807, 2.05) is 18.2 Å². The zero-order valence-corrected chi connectivity index (χ0v) is 14.7. The van der Waals surface area contributed by atoms with Crippen LogP contribution in [0.25, 0.3) is 21.9 Å². The number of benzene rings is 1. The number of aryl methyl sites for hydroxylation is 1. The molecule has 3 aromatic rings. The molecule has 1 N–H and O–H groups in total. The smallest absolute Gasteiger partial charge is 0.198 e. The van der Waals surface area contributed by atoms with Crippen molar-refractivity contribution in [3.8, 4) is 0 Å². The van der Waals surface area contributed by atoms with Crippen molar-refractivity contribution in [3.05, 3.63) is 51.8 Å². The SMILES string of the molecule is C[NH+](C)CCCn1c2ccc(Cl)cc2c(=O)c2cccnc21.[Cl-]. The third kappa shape index (κ3) is 3.50. The molecule has 0 amide bonds. The number of pyridine rings is 2. The lowest BCUT2D eigenvalue weighted by atomic mass is 10.1. The molecule has 0 saturated heterocycles. The van der Waals surface area contributed by atoms with Gasteiger partial charge < -0.3 is 21.9 Å². The van der Waals surface area contributed by atoms with Gasteiger partial charge >= 0.3 is 0 Å². The van der Waals surface area contributed by atoms with E-state index < -0.39 is 0 Å². The minimum atomic E-state index is -0.00455. The molecule has 0 aliphatic rings. The van der Waals surface area contributed by atoms with Gasteiger partial charge in [0.1, 0.15) is 5.65 Å². The molecule has 1 aromatic carbocycles. The first-order valence-electron chi connectivity index (χ1n) is 7.44. The predicted octanol–water partition coefficient (Wildman–Crippen LogP) is -1.26. The van der Waals surface area contributed by atoms with E-state index in [1.54, 1.807) is 18.3 Å². The van der Waals surface area contributed by atoms with Gasteiger partial charge in [0.25, 0.3) is 0 Å². The zero-order valence-electron chi connectivity index (χ0n) is 13.1. The summed E-state index contributed by atoms with van der Waals surface area (Å²) in [6, 6.07) is 9.12. The molecule has 0 aliphatic carbocycles. The Labute approximate surface area is 146 Å². The second-order valence-electron chi connectivity index (χ2n) is 5.83. The Bertz CT molecular complexity index is 890.